The number of hydrogen-bond acceptors (Lipinski definition) is 3. The molecule has 0 saturated carbocycles. The van der Waals surface area contributed by atoms with Crippen LogP contribution in [0.1, 0.15) is 25.3 Å². The Hall–Kier alpha value is -1.55. The van der Waals surface area contributed by atoms with Gasteiger partial charge in [0, 0.05) is 18.8 Å². The summed E-state index contributed by atoms with van der Waals surface area (Å²) < 4.78 is 5.53. The number of anilines is 1. The molecular formula is C14H19NO3. The number of aliphatic carboxylic acids is 1. The average Bonchev–Trinajstić information content (AvgIpc) is 2.68. The van der Waals surface area contributed by atoms with Crippen molar-refractivity contribution < 1.29 is 14.6 Å². The summed E-state index contributed by atoms with van der Waals surface area (Å²) in [4.78, 5) is 13.3. The molecule has 0 spiro atoms. The summed E-state index contributed by atoms with van der Waals surface area (Å²) in [6.07, 6.45) is 0.207. The molecule has 0 bridgehead atoms. The summed E-state index contributed by atoms with van der Waals surface area (Å²) in [5, 5.41) is 9.23. The van der Waals surface area contributed by atoms with E-state index in [0.29, 0.717) is 13.2 Å². The minimum absolute atomic E-state index is 0.207. The van der Waals surface area contributed by atoms with Crippen molar-refractivity contribution in [3.05, 3.63) is 29.8 Å². The van der Waals surface area contributed by atoms with Gasteiger partial charge >= 0.3 is 5.97 Å². The van der Waals surface area contributed by atoms with E-state index in [1.54, 1.807) is 0 Å². The summed E-state index contributed by atoms with van der Waals surface area (Å²) in [6, 6.07) is 7.72. The third-order valence-corrected chi connectivity index (χ3v) is 3.17. The van der Waals surface area contributed by atoms with E-state index in [-0.39, 0.29) is 6.10 Å². The second-order valence-corrected chi connectivity index (χ2v) is 4.82. The average molecular weight is 249 g/mol. The molecule has 4 heteroatoms. The van der Waals surface area contributed by atoms with Crippen LogP contribution in [0.25, 0.3) is 0 Å². The quantitative estimate of drug-likeness (QED) is 0.868. The maximum Gasteiger partial charge on any atom is 0.312 e. The molecule has 1 unspecified atom stereocenters. The van der Waals surface area contributed by atoms with Crippen molar-refractivity contribution >= 4 is 11.7 Å². The van der Waals surface area contributed by atoms with Crippen molar-refractivity contribution in [1.82, 2.24) is 0 Å². The van der Waals surface area contributed by atoms with Gasteiger partial charge in [0.25, 0.3) is 0 Å². The lowest BCUT2D eigenvalue weighted by Gasteiger charge is -2.20. The highest BCUT2D eigenvalue weighted by atomic mass is 16.5. The highest BCUT2D eigenvalue weighted by molar-refractivity contribution is 5.82. The van der Waals surface area contributed by atoms with Crippen molar-refractivity contribution in [1.29, 1.82) is 0 Å². The predicted molar refractivity (Wildman–Crippen MR) is 70.1 cm³/mol. The van der Waals surface area contributed by atoms with Gasteiger partial charge in [-0.25, -0.2) is 0 Å². The highest BCUT2D eigenvalue weighted by Crippen LogP contribution is 2.35. The Morgan fingerprint density at radius 3 is 2.89 bits per heavy atom. The van der Waals surface area contributed by atoms with Crippen LogP contribution in [0.15, 0.2) is 24.3 Å². The van der Waals surface area contributed by atoms with E-state index >= 15 is 0 Å². The molecular weight excluding hydrogens is 230 g/mol. The zero-order valence-corrected chi connectivity index (χ0v) is 10.8. The molecule has 98 valence electrons. The minimum Gasteiger partial charge on any atom is -0.481 e. The summed E-state index contributed by atoms with van der Waals surface area (Å²) in [5.74, 6) is -1.17. The lowest BCUT2D eigenvalue weighted by atomic mass is 10.0. The van der Waals surface area contributed by atoms with Gasteiger partial charge in [0.05, 0.1) is 12.7 Å². The number of carbonyl (C=O) groups is 1. The van der Waals surface area contributed by atoms with E-state index in [1.807, 2.05) is 38.1 Å². The molecule has 18 heavy (non-hydrogen) atoms. The first kappa shape index (κ1) is 12.9. The molecule has 1 aromatic carbocycles. The zero-order valence-electron chi connectivity index (χ0n) is 10.8. The third kappa shape index (κ3) is 2.64. The Bertz CT molecular complexity index is 431. The first-order valence-corrected chi connectivity index (χ1v) is 6.28. The largest absolute Gasteiger partial charge is 0.481 e. The van der Waals surface area contributed by atoms with Gasteiger partial charge in [-0.1, -0.05) is 18.2 Å². The Balaban J connectivity index is 2.08. The molecule has 0 aliphatic carbocycles. The van der Waals surface area contributed by atoms with Crippen LogP contribution in [0.3, 0.4) is 0 Å². The van der Waals surface area contributed by atoms with Crippen LogP contribution in [0.5, 0.6) is 0 Å². The first-order chi connectivity index (χ1) is 8.59. The maximum atomic E-state index is 11.2. The topological polar surface area (TPSA) is 49.8 Å². The van der Waals surface area contributed by atoms with E-state index in [1.165, 1.54) is 0 Å². The molecule has 1 atom stereocenters. The van der Waals surface area contributed by atoms with Crippen molar-refractivity contribution in [2.75, 3.05) is 24.6 Å². The standard InChI is InChI=1S/C14H19NO3/c1-10(2)18-8-7-15-9-12(14(16)17)11-5-3-4-6-13(11)15/h3-6,10,12H,7-9H2,1-2H3,(H,16,17). The summed E-state index contributed by atoms with van der Waals surface area (Å²) in [5.41, 5.74) is 1.94. The van der Waals surface area contributed by atoms with Crippen molar-refractivity contribution in [2.45, 2.75) is 25.9 Å². The fourth-order valence-corrected chi connectivity index (χ4v) is 2.31. The number of carboxylic acid groups (broad SMARTS) is 1. The molecule has 0 amide bonds. The van der Waals surface area contributed by atoms with Crippen LogP contribution in [0.2, 0.25) is 0 Å². The van der Waals surface area contributed by atoms with Crippen molar-refractivity contribution in [2.24, 2.45) is 0 Å². The number of para-hydroxylation sites is 1. The van der Waals surface area contributed by atoms with Gasteiger partial charge in [0.15, 0.2) is 0 Å². The molecule has 1 aliphatic rings. The summed E-state index contributed by atoms with van der Waals surface area (Å²) >= 11 is 0. The number of rotatable bonds is 5. The lowest BCUT2D eigenvalue weighted by Crippen LogP contribution is -2.28. The highest BCUT2D eigenvalue weighted by Gasteiger charge is 2.32. The second kappa shape index (κ2) is 5.40. The number of ether oxygens (including phenoxy) is 1. The molecule has 1 aromatic rings. The Morgan fingerprint density at radius 2 is 2.22 bits per heavy atom. The fourth-order valence-electron chi connectivity index (χ4n) is 2.31. The van der Waals surface area contributed by atoms with Gasteiger partial charge in [0.1, 0.15) is 5.92 Å². The van der Waals surface area contributed by atoms with E-state index in [0.717, 1.165) is 17.8 Å². The van der Waals surface area contributed by atoms with Gasteiger partial charge < -0.3 is 14.7 Å². The van der Waals surface area contributed by atoms with E-state index in [2.05, 4.69) is 4.90 Å². The van der Waals surface area contributed by atoms with Gasteiger partial charge in [0.2, 0.25) is 0 Å². The maximum absolute atomic E-state index is 11.2. The number of hydrogen-bond donors (Lipinski definition) is 1. The fraction of sp³-hybridized carbons (Fsp3) is 0.500. The summed E-state index contributed by atoms with van der Waals surface area (Å²) in [6.45, 7) is 5.89. The molecule has 1 heterocycles. The van der Waals surface area contributed by atoms with E-state index in [9.17, 15) is 9.90 Å². The van der Waals surface area contributed by atoms with E-state index in [4.69, 9.17) is 4.74 Å². The summed E-state index contributed by atoms with van der Waals surface area (Å²) in [7, 11) is 0. The third-order valence-electron chi connectivity index (χ3n) is 3.17. The molecule has 0 aromatic heterocycles. The van der Waals surface area contributed by atoms with Crippen molar-refractivity contribution in [3.8, 4) is 0 Å². The van der Waals surface area contributed by atoms with Gasteiger partial charge in [-0.05, 0) is 25.5 Å². The van der Waals surface area contributed by atoms with Gasteiger partial charge in [-0.2, -0.15) is 0 Å². The van der Waals surface area contributed by atoms with Crippen LogP contribution in [0.4, 0.5) is 5.69 Å². The molecule has 4 nitrogen and oxygen atoms in total. The second-order valence-electron chi connectivity index (χ2n) is 4.82. The van der Waals surface area contributed by atoms with Gasteiger partial charge in [-0.15, -0.1) is 0 Å². The molecule has 0 radical (unpaired) electrons. The van der Waals surface area contributed by atoms with Crippen LogP contribution in [0, 0.1) is 0 Å². The monoisotopic (exact) mass is 249 g/mol. The Morgan fingerprint density at radius 1 is 1.50 bits per heavy atom. The normalized spacial score (nSPS) is 18.2. The smallest absolute Gasteiger partial charge is 0.312 e. The molecule has 1 N–H and O–H groups in total. The van der Waals surface area contributed by atoms with Crippen LogP contribution >= 0.6 is 0 Å². The van der Waals surface area contributed by atoms with Gasteiger partial charge in [-0.3, -0.25) is 4.79 Å². The van der Waals surface area contributed by atoms with E-state index < -0.39 is 11.9 Å². The van der Waals surface area contributed by atoms with Crippen molar-refractivity contribution in [3.63, 3.8) is 0 Å². The number of fused-ring (bicyclic) bond motifs is 1. The van der Waals surface area contributed by atoms with Crippen LogP contribution < -0.4 is 4.90 Å². The molecule has 0 saturated heterocycles. The number of nitrogens with zero attached hydrogens (tertiary/aromatic N) is 1. The predicted octanol–water partition coefficient (Wildman–Crippen LogP) is 2.10. The zero-order chi connectivity index (χ0) is 13.1. The minimum atomic E-state index is -0.755. The molecule has 0 fully saturated rings. The Kier molecular flexibility index (Phi) is 3.87. The lowest BCUT2D eigenvalue weighted by molar-refractivity contribution is -0.138. The van der Waals surface area contributed by atoms with Crippen LogP contribution in [-0.4, -0.2) is 36.9 Å². The Labute approximate surface area is 107 Å². The molecule has 1 aliphatic heterocycles. The SMILES string of the molecule is CC(C)OCCN1CC(C(=O)O)c2ccccc21. The number of benzene rings is 1. The van der Waals surface area contributed by atoms with Crippen LogP contribution in [-0.2, 0) is 9.53 Å². The first-order valence-electron chi connectivity index (χ1n) is 6.28. The molecule has 2 rings (SSSR count). The number of carboxylic acids is 1.